The topological polar surface area (TPSA) is 38.3 Å². The van der Waals surface area contributed by atoms with Crippen LogP contribution in [0.25, 0.3) is 0 Å². The van der Waals surface area contributed by atoms with Crippen LogP contribution in [0.5, 0.6) is 5.75 Å². The van der Waals surface area contributed by atoms with E-state index in [0.717, 1.165) is 23.3 Å². The normalized spacial score (nSPS) is 12.0. The molecule has 1 rings (SSSR count). The average molecular weight is 235 g/mol. The highest BCUT2D eigenvalue weighted by atomic mass is 16.5. The molecule has 0 aliphatic heterocycles. The van der Waals surface area contributed by atoms with Crippen LogP contribution in [-0.4, -0.2) is 19.1 Å². The molecule has 0 fully saturated rings. The Morgan fingerprint density at radius 3 is 2.76 bits per heavy atom. The smallest absolute Gasteiger partial charge is 0.224 e. The third-order valence-corrected chi connectivity index (χ3v) is 2.86. The van der Waals surface area contributed by atoms with Gasteiger partial charge in [0.15, 0.2) is 0 Å². The molecule has 0 aliphatic rings. The highest BCUT2D eigenvalue weighted by molar-refractivity contribution is 5.79. The number of ether oxygens (including phenoxy) is 1. The van der Waals surface area contributed by atoms with E-state index in [0.29, 0.717) is 6.42 Å². The first-order valence-electron chi connectivity index (χ1n) is 5.99. The summed E-state index contributed by atoms with van der Waals surface area (Å²) in [6.07, 6.45) is 1.35. The van der Waals surface area contributed by atoms with Crippen LogP contribution >= 0.6 is 0 Å². The molecule has 0 aliphatic carbocycles. The highest BCUT2D eigenvalue weighted by Crippen LogP contribution is 2.19. The molecule has 3 heteroatoms. The molecule has 1 aromatic carbocycles. The van der Waals surface area contributed by atoms with Crippen molar-refractivity contribution in [1.29, 1.82) is 0 Å². The van der Waals surface area contributed by atoms with Crippen molar-refractivity contribution in [3.63, 3.8) is 0 Å². The summed E-state index contributed by atoms with van der Waals surface area (Å²) in [5.74, 6) is 0.893. The molecule has 0 spiro atoms. The van der Waals surface area contributed by atoms with E-state index in [1.807, 2.05) is 32.0 Å². The monoisotopic (exact) mass is 235 g/mol. The van der Waals surface area contributed by atoms with Crippen molar-refractivity contribution in [2.24, 2.45) is 0 Å². The zero-order valence-electron chi connectivity index (χ0n) is 11.0. The molecular formula is C14H21NO2. The number of amides is 1. The number of carbonyl (C=O) groups excluding carboxylic acids is 1. The highest BCUT2D eigenvalue weighted by Gasteiger charge is 2.08. The Hall–Kier alpha value is -1.51. The van der Waals surface area contributed by atoms with Gasteiger partial charge in [-0.15, -0.1) is 0 Å². The summed E-state index contributed by atoms with van der Waals surface area (Å²) in [6, 6.07) is 6.10. The first-order chi connectivity index (χ1) is 8.06. The van der Waals surface area contributed by atoms with Gasteiger partial charge in [-0.25, -0.2) is 0 Å². The van der Waals surface area contributed by atoms with E-state index in [1.165, 1.54) is 0 Å². The predicted octanol–water partition coefficient (Wildman–Crippen LogP) is 2.46. The average Bonchev–Trinajstić information content (AvgIpc) is 2.31. The molecule has 3 nitrogen and oxygen atoms in total. The molecule has 0 heterocycles. The van der Waals surface area contributed by atoms with E-state index in [4.69, 9.17) is 4.74 Å². The number of hydrogen-bond acceptors (Lipinski definition) is 2. The predicted molar refractivity (Wildman–Crippen MR) is 69.3 cm³/mol. The van der Waals surface area contributed by atoms with E-state index in [9.17, 15) is 4.79 Å². The lowest BCUT2D eigenvalue weighted by Crippen LogP contribution is -2.33. The Morgan fingerprint density at radius 1 is 1.47 bits per heavy atom. The maximum atomic E-state index is 11.7. The zero-order valence-corrected chi connectivity index (χ0v) is 11.0. The van der Waals surface area contributed by atoms with Gasteiger partial charge in [0.1, 0.15) is 5.75 Å². The van der Waals surface area contributed by atoms with Gasteiger partial charge in [0, 0.05) is 6.04 Å². The Bertz CT molecular complexity index is 388. The number of methoxy groups -OCH3 is 1. The minimum Gasteiger partial charge on any atom is -0.496 e. The minimum absolute atomic E-state index is 0.0604. The maximum Gasteiger partial charge on any atom is 0.224 e. The summed E-state index contributed by atoms with van der Waals surface area (Å²) in [7, 11) is 1.64. The van der Waals surface area contributed by atoms with Gasteiger partial charge in [-0.2, -0.15) is 0 Å². The molecule has 1 atom stereocenters. The lowest BCUT2D eigenvalue weighted by Gasteiger charge is -2.12. The maximum absolute atomic E-state index is 11.7. The summed E-state index contributed by atoms with van der Waals surface area (Å²) in [4.78, 5) is 11.7. The summed E-state index contributed by atoms with van der Waals surface area (Å²) in [6.45, 7) is 6.05. The number of carbonyl (C=O) groups is 1. The fourth-order valence-electron chi connectivity index (χ4n) is 1.59. The fraction of sp³-hybridized carbons (Fsp3) is 0.500. The summed E-state index contributed by atoms with van der Waals surface area (Å²) in [5.41, 5.74) is 2.06. The molecule has 1 unspecified atom stereocenters. The number of aryl methyl sites for hydroxylation is 1. The SMILES string of the molecule is CCC(C)NC(=O)Cc1ccc(C)c(OC)c1. The molecule has 1 N–H and O–H groups in total. The number of rotatable bonds is 5. The minimum atomic E-state index is 0.0604. The molecule has 17 heavy (non-hydrogen) atoms. The molecule has 94 valence electrons. The van der Waals surface area contributed by atoms with E-state index >= 15 is 0 Å². The molecular weight excluding hydrogens is 214 g/mol. The second-order valence-corrected chi connectivity index (χ2v) is 4.36. The standard InChI is InChI=1S/C14H21NO2/c1-5-11(3)15-14(16)9-12-7-6-10(2)13(8-12)17-4/h6-8,11H,5,9H2,1-4H3,(H,15,16). The van der Waals surface area contributed by atoms with E-state index in [1.54, 1.807) is 7.11 Å². The third-order valence-electron chi connectivity index (χ3n) is 2.86. The number of benzene rings is 1. The van der Waals surface area contributed by atoms with Crippen molar-refractivity contribution in [2.45, 2.75) is 39.7 Å². The summed E-state index contributed by atoms with van der Waals surface area (Å²) in [5, 5.41) is 2.95. The van der Waals surface area contributed by atoms with Crippen molar-refractivity contribution in [3.05, 3.63) is 29.3 Å². The van der Waals surface area contributed by atoms with E-state index in [-0.39, 0.29) is 11.9 Å². The molecule has 0 bridgehead atoms. The quantitative estimate of drug-likeness (QED) is 0.851. The van der Waals surface area contributed by atoms with Gasteiger partial charge < -0.3 is 10.1 Å². The van der Waals surface area contributed by atoms with E-state index < -0.39 is 0 Å². The number of hydrogen-bond donors (Lipinski definition) is 1. The Kier molecular flexibility index (Phi) is 5.01. The lowest BCUT2D eigenvalue weighted by molar-refractivity contribution is -0.121. The van der Waals surface area contributed by atoms with Crippen LogP contribution in [0.1, 0.15) is 31.4 Å². The second kappa shape index (κ2) is 6.28. The van der Waals surface area contributed by atoms with Crippen LogP contribution < -0.4 is 10.1 Å². The molecule has 0 saturated carbocycles. The van der Waals surface area contributed by atoms with Gasteiger partial charge in [-0.1, -0.05) is 19.1 Å². The lowest BCUT2D eigenvalue weighted by atomic mass is 10.1. The fourth-order valence-corrected chi connectivity index (χ4v) is 1.59. The van der Waals surface area contributed by atoms with Crippen molar-refractivity contribution < 1.29 is 9.53 Å². The van der Waals surface area contributed by atoms with Crippen LogP contribution in [0.15, 0.2) is 18.2 Å². The van der Waals surface area contributed by atoms with Crippen molar-refractivity contribution >= 4 is 5.91 Å². The molecule has 0 aromatic heterocycles. The number of nitrogens with one attached hydrogen (secondary N) is 1. The molecule has 1 amide bonds. The van der Waals surface area contributed by atoms with Crippen LogP contribution in [0, 0.1) is 6.92 Å². The Balaban J connectivity index is 2.65. The Morgan fingerprint density at radius 2 is 2.18 bits per heavy atom. The van der Waals surface area contributed by atoms with E-state index in [2.05, 4.69) is 12.2 Å². The molecule has 0 saturated heterocycles. The molecule has 1 aromatic rings. The molecule has 0 radical (unpaired) electrons. The summed E-state index contributed by atoms with van der Waals surface area (Å²) >= 11 is 0. The van der Waals surface area contributed by atoms with Gasteiger partial charge in [0.2, 0.25) is 5.91 Å². The van der Waals surface area contributed by atoms with Crippen LogP contribution in [-0.2, 0) is 11.2 Å². The van der Waals surface area contributed by atoms with Crippen molar-refractivity contribution in [2.75, 3.05) is 7.11 Å². The second-order valence-electron chi connectivity index (χ2n) is 4.36. The van der Waals surface area contributed by atoms with Gasteiger partial charge in [0.05, 0.1) is 13.5 Å². The van der Waals surface area contributed by atoms with Gasteiger partial charge in [0.25, 0.3) is 0 Å². The Labute approximate surface area is 103 Å². The van der Waals surface area contributed by atoms with Gasteiger partial charge in [-0.3, -0.25) is 4.79 Å². The zero-order chi connectivity index (χ0) is 12.8. The van der Waals surface area contributed by atoms with Gasteiger partial charge >= 0.3 is 0 Å². The largest absolute Gasteiger partial charge is 0.496 e. The third kappa shape index (κ3) is 4.10. The van der Waals surface area contributed by atoms with Crippen molar-refractivity contribution in [1.82, 2.24) is 5.32 Å². The van der Waals surface area contributed by atoms with Gasteiger partial charge in [-0.05, 0) is 37.5 Å². The van der Waals surface area contributed by atoms with Crippen molar-refractivity contribution in [3.8, 4) is 5.75 Å². The first-order valence-corrected chi connectivity index (χ1v) is 5.99. The first kappa shape index (κ1) is 13.6. The summed E-state index contributed by atoms with van der Waals surface area (Å²) < 4.78 is 5.24. The van der Waals surface area contributed by atoms with Crippen LogP contribution in [0.4, 0.5) is 0 Å². The van der Waals surface area contributed by atoms with Crippen LogP contribution in [0.2, 0.25) is 0 Å². The van der Waals surface area contributed by atoms with Crippen LogP contribution in [0.3, 0.4) is 0 Å².